The van der Waals surface area contributed by atoms with Gasteiger partial charge in [-0.15, -0.1) is 11.3 Å². The molecule has 1 unspecified atom stereocenters. The Kier molecular flexibility index (Phi) is 4.96. The summed E-state index contributed by atoms with van der Waals surface area (Å²) < 4.78 is 5.76. The molecule has 4 heteroatoms. The minimum atomic E-state index is 0.149. The smallest absolute Gasteiger partial charge is 0.119 e. The number of ether oxygens (including phenoxy) is 1. The first-order chi connectivity index (χ1) is 9.20. The summed E-state index contributed by atoms with van der Waals surface area (Å²) in [6.45, 7) is 4.82. The Hall–Kier alpha value is -1.36. The maximum atomic E-state index is 5.76. The van der Waals surface area contributed by atoms with E-state index < -0.39 is 0 Å². The molecule has 0 spiro atoms. The average Bonchev–Trinajstić information content (AvgIpc) is 2.81. The molecule has 1 atom stereocenters. The number of thiophene rings is 1. The number of hydrogen-bond donors (Lipinski definition) is 2. The van der Waals surface area contributed by atoms with E-state index in [-0.39, 0.29) is 6.04 Å². The number of hydrogen-bond acceptors (Lipinski definition) is 4. The quantitative estimate of drug-likeness (QED) is 0.628. The number of nitrogens with two attached hydrogens (primary N) is 1. The predicted molar refractivity (Wildman–Crippen MR) is 80.4 cm³/mol. The van der Waals surface area contributed by atoms with Gasteiger partial charge in [0.05, 0.1) is 12.6 Å². The highest BCUT2D eigenvalue weighted by atomic mass is 32.1. The van der Waals surface area contributed by atoms with E-state index in [1.165, 1.54) is 16.0 Å². The van der Waals surface area contributed by atoms with Crippen molar-refractivity contribution in [2.24, 2.45) is 5.84 Å². The van der Waals surface area contributed by atoms with Gasteiger partial charge in [0.1, 0.15) is 5.75 Å². The Balaban J connectivity index is 1.89. The molecule has 3 nitrogen and oxygen atoms in total. The van der Waals surface area contributed by atoms with Crippen LogP contribution >= 0.6 is 11.3 Å². The fourth-order valence-electron chi connectivity index (χ4n) is 2.08. The Labute approximate surface area is 118 Å². The van der Waals surface area contributed by atoms with Crippen molar-refractivity contribution in [1.29, 1.82) is 0 Å². The molecule has 0 aliphatic carbocycles. The lowest BCUT2D eigenvalue weighted by Crippen LogP contribution is -2.29. The fraction of sp³-hybridized carbons (Fsp3) is 0.333. The van der Waals surface area contributed by atoms with Crippen molar-refractivity contribution in [3.63, 3.8) is 0 Å². The SMILES string of the molecule is Cc1cccc(OCCC(NN)c2ccsc2C)c1. The molecule has 0 amide bonds. The summed E-state index contributed by atoms with van der Waals surface area (Å²) in [5, 5.41) is 2.09. The summed E-state index contributed by atoms with van der Waals surface area (Å²) in [5.74, 6) is 6.55. The van der Waals surface area contributed by atoms with E-state index in [2.05, 4.69) is 36.8 Å². The van der Waals surface area contributed by atoms with Crippen LogP contribution in [0.5, 0.6) is 5.75 Å². The second-order valence-electron chi connectivity index (χ2n) is 4.61. The standard InChI is InChI=1S/C15H20N2OS/c1-11-4-3-5-13(10-11)18-8-6-15(17-16)14-7-9-19-12(14)2/h3-5,7,9-10,15,17H,6,8,16H2,1-2H3. The van der Waals surface area contributed by atoms with Crippen LogP contribution in [0.4, 0.5) is 0 Å². The van der Waals surface area contributed by atoms with Gasteiger partial charge in [0.2, 0.25) is 0 Å². The zero-order valence-electron chi connectivity index (χ0n) is 11.3. The molecule has 3 N–H and O–H groups in total. The number of aryl methyl sites for hydroxylation is 2. The lowest BCUT2D eigenvalue weighted by Gasteiger charge is -2.16. The fourth-order valence-corrected chi connectivity index (χ4v) is 2.85. The Bertz CT molecular complexity index is 524. The first kappa shape index (κ1) is 14.1. The van der Waals surface area contributed by atoms with E-state index in [0.29, 0.717) is 6.61 Å². The van der Waals surface area contributed by atoms with Crippen molar-refractivity contribution in [3.05, 3.63) is 51.7 Å². The van der Waals surface area contributed by atoms with Gasteiger partial charge in [0.25, 0.3) is 0 Å². The molecule has 0 aliphatic rings. The van der Waals surface area contributed by atoms with Crippen LogP contribution in [0.2, 0.25) is 0 Å². The van der Waals surface area contributed by atoms with Crippen LogP contribution in [0, 0.1) is 13.8 Å². The van der Waals surface area contributed by atoms with E-state index in [1.807, 2.05) is 18.2 Å². The molecule has 1 aromatic carbocycles. The zero-order valence-corrected chi connectivity index (χ0v) is 12.2. The van der Waals surface area contributed by atoms with Crippen LogP contribution in [0.15, 0.2) is 35.7 Å². The molecule has 0 bridgehead atoms. The van der Waals surface area contributed by atoms with Crippen molar-refractivity contribution >= 4 is 11.3 Å². The van der Waals surface area contributed by atoms with E-state index in [1.54, 1.807) is 11.3 Å². The van der Waals surface area contributed by atoms with E-state index in [9.17, 15) is 0 Å². The normalized spacial score (nSPS) is 12.4. The molecule has 2 rings (SSSR count). The summed E-state index contributed by atoms with van der Waals surface area (Å²) >= 11 is 1.74. The summed E-state index contributed by atoms with van der Waals surface area (Å²) in [6, 6.07) is 10.4. The predicted octanol–water partition coefficient (Wildman–Crippen LogP) is 3.34. The van der Waals surface area contributed by atoms with Gasteiger partial charge < -0.3 is 4.74 Å². The molecule has 2 aromatic rings. The maximum absolute atomic E-state index is 5.76. The highest BCUT2D eigenvalue weighted by Gasteiger charge is 2.13. The summed E-state index contributed by atoms with van der Waals surface area (Å²) in [7, 11) is 0. The Morgan fingerprint density at radius 1 is 1.32 bits per heavy atom. The molecule has 1 aromatic heterocycles. The zero-order chi connectivity index (χ0) is 13.7. The highest BCUT2D eigenvalue weighted by Crippen LogP contribution is 2.24. The van der Waals surface area contributed by atoms with Crippen LogP contribution in [0.25, 0.3) is 0 Å². The monoisotopic (exact) mass is 276 g/mol. The second-order valence-corrected chi connectivity index (χ2v) is 5.73. The number of nitrogens with one attached hydrogen (secondary N) is 1. The summed E-state index contributed by atoms with van der Waals surface area (Å²) in [4.78, 5) is 1.30. The second kappa shape index (κ2) is 6.70. The average molecular weight is 276 g/mol. The Morgan fingerprint density at radius 3 is 2.79 bits per heavy atom. The highest BCUT2D eigenvalue weighted by molar-refractivity contribution is 7.10. The third-order valence-electron chi connectivity index (χ3n) is 3.14. The Morgan fingerprint density at radius 2 is 2.16 bits per heavy atom. The number of hydrazine groups is 1. The molecule has 0 saturated heterocycles. The van der Waals surface area contributed by atoms with Gasteiger partial charge in [-0.3, -0.25) is 11.3 Å². The summed E-state index contributed by atoms with van der Waals surface area (Å²) in [5.41, 5.74) is 5.34. The lowest BCUT2D eigenvalue weighted by molar-refractivity contribution is 0.287. The van der Waals surface area contributed by atoms with E-state index >= 15 is 0 Å². The molecule has 1 heterocycles. The molecule has 19 heavy (non-hydrogen) atoms. The van der Waals surface area contributed by atoms with Gasteiger partial charge in [0.15, 0.2) is 0 Å². The van der Waals surface area contributed by atoms with Gasteiger partial charge in [-0.1, -0.05) is 12.1 Å². The van der Waals surface area contributed by atoms with Gasteiger partial charge in [0, 0.05) is 11.3 Å². The van der Waals surface area contributed by atoms with Crippen LogP contribution in [-0.4, -0.2) is 6.61 Å². The van der Waals surface area contributed by atoms with Crippen molar-refractivity contribution in [1.82, 2.24) is 5.43 Å². The van der Waals surface area contributed by atoms with Crippen molar-refractivity contribution in [2.75, 3.05) is 6.61 Å². The maximum Gasteiger partial charge on any atom is 0.119 e. The molecule has 0 aliphatic heterocycles. The van der Waals surface area contributed by atoms with Gasteiger partial charge >= 0.3 is 0 Å². The van der Waals surface area contributed by atoms with Gasteiger partial charge in [-0.05, 0) is 48.6 Å². The van der Waals surface area contributed by atoms with Crippen molar-refractivity contribution < 1.29 is 4.74 Å². The molecular formula is C15H20N2OS. The molecule has 0 fully saturated rings. The largest absolute Gasteiger partial charge is 0.494 e. The minimum Gasteiger partial charge on any atom is -0.494 e. The molecular weight excluding hydrogens is 256 g/mol. The van der Waals surface area contributed by atoms with Gasteiger partial charge in [-0.2, -0.15) is 0 Å². The molecule has 0 saturated carbocycles. The van der Waals surface area contributed by atoms with Crippen LogP contribution in [0.3, 0.4) is 0 Å². The van der Waals surface area contributed by atoms with E-state index in [0.717, 1.165) is 12.2 Å². The third kappa shape index (κ3) is 3.80. The first-order valence-electron chi connectivity index (χ1n) is 6.40. The van der Waals surface area contributed by atoms with Crippen LogP contribution in [0.1, 0.15) is 28.5 Å². The minimum absolute atomic E-state index is 0.149. The summed E-state index contributed by atoms with van der Waals surface area (Å²) in [6.07, 6.45) is 0.849. The topological polar surface area (TPSA) is 47.3 Å². The molecule has 0 radical (unpaired) electrons. The number of rotatable bonds is 6. The molecule has 102 valence electrons. The van der Waals surface area contributed by atoms with Crippen molar-refractivity contribution in [2.45, 2.75) is 26.3 Å². The first-order valence-corrected chi connectivity index (χ1v) is 7.28. The van der Waals surface area contributed by atoms with Crippen LogP contribution < -0.4 is 16.0 Å². The third-order valence-corrected chi connectivity index (χ3v) is 4.00. The number of benzene rings is 1. The van der Waals surface area contributed by atoms with E-state index in [4.69, 9.17) is 10.6 Å². The van der Waals surface area contributed by atoms with Crippen LogP contribution in [-0.2, 0) is 0 Å². The lowest BCUT2D eigenvalue weighted by atomic mass is 10.1. The van der Waals surface area contributed by atoms with Gasteiger partial charge in [-0.25, -0.2) is 0 Å². The van der Waals surface area contributed by atoms with Crippen molar-refractivity contribution in [3.8, 4) is 5.75 Å².